The van der Waals surface area contributed by atoms with Crippen LogP contribution in [0.4, 0.5) is 0 Å². The molecule has 6 heteroatoms. The molecule has 2 aromatic heterocycles. The molecule has 21 heavy (non-hydrogen) atoms. The van der Waals surface area contributed by atoms with Crippen LogP contribution in [0.25, 0.3) is 11.2 Å². The lowest BCUT2D eigenvalue weighted by molar-refractivity contribution is 0.260. The average molecular weight is 312 g/mol. The van der Waals surface area contributed by atoms with Crippen molar-refractivity contribution in [2.45, 2.75) is 40.2 Å². The highest BCUT2D eigenvalue weighted by molar-refractivity contribution is 6.17. The van der Waals surface area contributed by atoms with Crippen LogP contribution in [-0.4, -0.2) is 49.7 Å². The Balaban J connectivity index is 2.46. The second kappa shape index (κ2) is 6.79. The number of imidazole rings is 1. The van der Waals surface area contributed by atoms with E-state index >= 15 is 0 Å². The minimum atomic E-state index is 0.350. The van der Waals surface area contributed by atoms with E-state index in [2.05, 4.69) is 35.3 Å². The summed E-state index contributed by atoms with van der Waals surface area (Å²) in [5.41, 5.74) is 3.09. The number of alkyl halides is 1. The van der Waals surface area contributed by atoms with Crippen LogP contribution in [0, 0.1) is 6.92 Å². The first kappa shape index (κ1) is 16.3. The highest BCUT2D eigenvalue weighted by Crippen LogP contribution is 2.24. The van der Waals surface area contributed by atoms with E-state index in [0.717, 1.165) is 48.7 Å². The van der Waals surface area contributed by atoms with Crippen LogP contribution in [0.5, 0.6) is 0 Å². The Morgan fingerprint density at radius 3 is 2.52 bits per heavy atom. The third-order valence-electron chi connectivity index (χ3n) is 4.08. The zero-order chi connectivity index (χ0) is 15.6. The predicted octanol–water partition coefficient (Wildman–Crippen LogP) is 2.76. The quantitative estimate of drug-likeness (QED) is 0.738. The van der Waals surface area contributed by atoms with Gasteiger partial charge in [-0.3, -0.25) is 4.68 Å². The van der Waals surface area contributed by atoms with E-state index in [0.29, 0.717) is 11.9 Å². The first-order valence-electron chi connectivity index (χ1n) is 7.72. The van der Waals surface area contributed by atoms with Crippen molar-refractivity contribution < 1.29 is 0 Å². The standard InChI is InChI=1S/C15H26ClN5/c1-6-20(7-2)10-11(3)21-13(8-9-16)17-14-12(4)18-19(5)15(14)21/h11H,6-10H2,1-5H3. The summed E-state index contributed by atoms with van der Waals surface area (Å²) in [6.07, 6.45) is 0.790. The van der Waals surface area contributed by atoms with Crippen molar-refractivity contribution in [2.24, 2.45) is 7.05 Å². The van der Waals surface area contributed by atoms with Gasteiger partial charge in [0.25, 0.3) is 0 Å². The number of aryl methyl sites for hydroxylation is 3. The van der Waals surface area contributed by atoms with Crippen LogP contribution in [0.1, 0.15) is 38.3 Å². The van der Waals surface area contributed by atoms with E-state index in [1.54, 1.807) is 0 Å². The summed E-state index contributed by atoms with van der Waals surface area (Å²) >= 11 is 5.96. The predicted molar refractivity (Wildman–Crippen MR) is 88.2 cm³/mol. The van der Waals surface area contributed by atoms with E-state index in [1.807, 2.05) is 18.7 Å². The molecule has 0 bridgehead atoms. The number of aromatic nitrogens is 4. The number of hydrogen-bond acceptors (Lipinski definition) is 3. The van der Waals surface area contributed by atoms with E-state index in [9.17, 15) is 0 Å². The van der Waals surface area contributed by atoms with Gasteiger partial charge in [0.05, 0.1) is 5.69 Å². The van der Waals surface area contributed by atoms with Crippen molar-refractivity contribution in [2.75, 3.05) is 25.5 Å². The summed E-state index contributed by atoms with van der Waals surface area (Å²) in [4.78, 5) is 7.21. The number of likely N-dealkylation sites (N-methyl/N-ethyl adjacent to an activating group) is 1. The van der Waals surface area contributed by atoms with Crippen LogP contribution in [0.15, 0.2) is 0 Å². The van der Waals surface area contributed by atoms with Gasteiger partial charge in [-0.15, -0.1) is 11.6 Å². The van der Waals surface area contributed by atoms with Gasteiger partial charge in [0.15, 0.2) is 5.65 Å². The lowest BCUT2D eigenvalue weighted by Crippen LogP contribution is -2.30. The maximum Gasteiger partial charge on any atom is 0.158 e. The van der Waals surface area contributed by atoms with Crippen LogP contribution < -0.4 is 0 Å². The Bertz CT molecular complexity index is 597. The van der Waals surface area contributed by atoms with E-state index < -0.39 is 0 Å². The van der Waals surface area contributed by atoms with Crippen molar-refractivity contribution in [1.82, 2.24) is 24.2 Å². The SMILES string of the molecule is CCN(CC)CC(C)n1c(CCCl)nc2c(C)nn(C)c21. The molecule has 2 aromatic rings. The fourth-order valence-corrected chi connectivity index (χ4v) is 3.17. The number of fused-ring (bicyclic) bond motifs is 1. The molecule has 0 saturated carbocycles. The number of nitrogens with zero attached hydrogens (tertiary/aromatic N) is 5. The second-order valence-corrected chi connectivity index (χ2v) is 5.93. The van der Waals surface area contributed by atoms with Gasteiger partial charge in [-0.25, -0.2) is 4.98 Å². The molecule has 1 unspecified atom stereocenters. The van der Waals surface area contributed by atoms with E-state index in [1.165, 1.54) is 0 Å². The maximum absolute atomic E-state index is 5.96. The van der Waals surface area contributed by atoms with Crippen molar-refractivity contribution in [3.8, 4) is 0 Å². The third kappa shape index (κ3) is 3.09. The summed E-state index contributed by atoms with van der Waals surface area (Å²) in [5, 5.41) is 4.50. The monoisotopic (exact) mass is 311 g/mol. The Kier molecular flexibility index (Phi) is 5.27. The molecular formula is C15H26ClN5. The molecule has 0 radical (unpaired) electrons. The number of hydrogen-bond donors (Lipinski definition) is 0. The molecule has 0 spiro atoms. The highest BCUT2D eigenvalue weighted by atomic mass is 35.5. The summed E-state index contributed by atoms with van der Waals surface area (Å²) in [6, 6.07) is 0.350. The fourth-order valence-electron chi connectivity index (χ4n) is 3.00. The molecule has 0 aliphatic rings. The van der Waals surface area contributed by atoms with Gasteiger partial charge in [-0.2, -0.15) is 5.10 Å². The van der Waals surface area contributed by atoms with Gasteiger partial charge in [0.2, 0.25) is 0 Å². The maximum atomic E-state index is 5.96. The van der Waals surface area contributed by atoms with Gasteiger partial charge < -0.3 is 9.47 Å². The molecule has 0 aliphatic heterocycles. The Labute approximate surface area is 131 Å². The van der Waals surface area contributed by atoms with Crippen LogP contribution in [-0.2, 0) is 13.5 Å². The first-order chi connectivity index (χ1) is 10.0. The highest BCUT2D eigenvalue weighted by Gasteiger charge is 2.21. The lowest BCUT2D eigenvalue weighted by atomic mass is 10.2. The number of halogens is 1. The average Bonchev–Trinajstić information content (AvgIpc) is 2.95. The van der Waals surface area contributed by atoms with Gasteiger partial charge in [-0.1, -0.05) is 13.8 Å². The second-order valence-electron chi connectivity index (χ2n) is 5.55. The molecule has 0 N–H and O–H groups in total. The molecule has 0 aliphatic carbocycles. The molecule has 2 rings (SSSR count). The Morgan fingerprint density at radius 2 is 1.95 bits per heavy atom. The fraction of sp³-hybridized carbons (Fsp3) is 0.733. The molecule has 1 atom stereocenters. The summed E-state index contributed by atoms with van der Waals surface area (Å²) in [5.74, 6) is 1.66. The van der Waals surface area contributed by atoms with Gasteiger partial charge in [0.1, 0.15) is 11.3 Å². The van der Waals surface area contributed by atoms with E-state index in [-0.39, 0.29) is 0 Å². The van der Waals surface area contributed by atoms with Gasteiger partial charge in [0, 0.05) is 31.9 Å². The van der Waals surface area contributed by atoms with Crippen LogP contribution >= 0.6 is 11.6 Å². The smallest absolute Gasteiger partial charge is 0.158 e. The Hall–Kier alpha value is -1.07. The third-order valence-corrected chi connectivity index (χ3v) is 4.27. The zero-order valence-corrected chi connectivity index (χ0v) is 14.5. The Morgan fingerprint density at radius 1 is 1.29 bits per heavy atom. The van der Waals surface area contributed by atoms with Crippen molar-refractivity contribution >= 4 is 22.8 Å². The molecule has 0 saturated heterocycles. The van der Waals surface area contributed by atoms with Gasteiger partial charge >= 0.3 is 0 Å². The first-order valence-corrected chi connectivity index (χ1v) is 8.25. The molecule has 5 nitrogen and oxygen atoms in total. The molecule has 0 aromatic carbocycles. The summed E-state index contributed by atoms with van der Waals surface area (Å²) in [6.45, 7) is 11.8. The molecule has 0 fully saturated rings. The van der Waals surface area contributed by atoms with Crippen LogP contribution in [0.3, 0.4) is 0 Å². The largest absolute Gasteiger partial charge is 0.309 e. The normalized spacial score (nSPS) is 13.5. The van der Waals surface area contributed by atoms with Crippen molar-refractivity contribution in [1.29, 1.82) is 0 Å². The number of rotatable bonds is 7. The lowest BCUT2D eigenvalue weighted by Gasteiger charge is -2.25. The van der Waals surface area contributed by atoms with Crippen LogP contribution in [0.2, 0.25) is 0 Å². The topological polar surface area (TPSA) is 38.9 Å². The van der Waals surface area contributed by atoms with Gasteiger partial charge in [-0.05, 0) is 26.9 Å². The minimum Gasteiger partial charge on any atom is -0.309 e. The zero-order valence-electron chi connectivity index (χ0n) is 13.7. The molecule has 0 amide bonds. The molecular weight excluding hydrogens is 286 g/mol. The molecule has 2 heterocycles. The summed E-state index contributed by atoms with van der Waals surface area (Å²) < 4.78 is 4.25. The van der Waals surface area contributed by atoms with E-state index in [4.69, 9.17) is 16.6 Å². The van der Waals surface area contributed by atoms with Crippen molar-refractivity contribution in [3.63, 3.8) is 0 Å². The minimum absolute atomic E-state index is 0.350. The van der Waals surface area contributed by atoms with Crippen molar-refractivity contribution in [3.05, 3.63) is 11.5 Å². The summed E-state index contributed by atoms with van der Waals surface area (Å²) in [7, 11) is 1.99. The molecule has 118 valence electrons.